The van der Waals surface area contributed by atoms with Gasteiger partial charge in [0.05, 0.1) is 0 Å². The summed E-state index contributed by atoms with van der Waals surface area (Å²) in [6, 6.07) is 0. The number of ether oxygens (including phenoxy) is 1. The normalized spacial score (nSPS) is 45.0. The maximum absolute atomic E-state index is 12.6. The molecule has 6 atom stereocenters. The summed E-state index contributed by atoms with van der Waals surface area (Å²) in [5.74, 6) is 1.44. The first kappa shape index (κ1) is 17.4. The van der Waals surface area contributed by atoms with Gasteiger partial charge < -0.3 is 9.53 Å². The van der Waals surface area contributed by atoms with Gasteiger partial charge in [-0.1, -0.05) is 30.7 Å². The third-order valence-corrected chi connectivity index (χ3v) is 8.30. The number of carbonyl (C=O) groups is 1. The van der Waals surface area contributed by atoms with Crippen molar-refractivity contribution in [3.63, 3.8) is 0 Å². The summed E-state index contributed by atoms with van der Waals surface area (Å²) in [4.78, 5) is 12.3. The molecule has 0 N–H and O–H groups in total. The smallest absolute Gasteiger partial charge is 0.229 e. The summed E-state index contributed by atoms with van der Waals surface area (Å²) in [6.07, 6.45) is 15.5. The van der Waals surface area contributed by atoms with Crippen LogP contribution in [0.4, 0.5) is 4.39 Å². The van der Waals surface area contributed by atoms with E-state index in [1.54, 1.807) is 5.57 Å². The highest BCUT2D eigenvalue weighted by atomic mass is 32.1. The molecule has 4 rings (SSSR count). The Labute approximate surface area is 154 Å². The Kier molecular flexibility index (Phi) is 4.38. The van der Waals surface area contributed by atoms with Gasteiger partial charge in [0.15, 0.2) is 5.05 Å². The number of thiocarbonyl (C=S) groups is 1. The van der Waals surface area contributed by atoms with Gasteiger partial charge in [-0.25, -0.2) is 4.39 Å². The molecule has 0 heterocycles. The van der Waals surface area contributed by atoms with Crippen molar-refractivity contribution in [3.8, 4) is 0 Å². The van der Waals surface area contributed by atoms with Crippen LogP contribution in [0.15, 0.2) is 23.8 Å². The van der Waals surface area contributed by atoms with E-state index in [9.17, 15) is 9.18 Å². The molecule has 25 heavy (non-hydrogen) atoms. The molecule has 3 saturated carbocycles. The van der Waals surface area contributed by atoms with Crippen LogP contribution in [0.3, 0.4) is 0 Å². The molecule has 3 fully saturated rings. The first-order chi connectivity index (χ1) is 12.1. The van der Waals surface area contributed by atoms with Crippen molar-refractivity contribution in [2.45, 2.75) is 51.9 Å². The summed E-state index contributed by atoms with van der Waals surface area (Å²) in [5, 5.41) is 0.315. The molecule has 4 aliphatic rings. The molecule has 0 saturated heterocycles. The molecular weight excluding hydrogens is 335 g/mol. The molecule has 0 radical (unpaired) electrons. The monoisotopic (exact) mass is 362 g/mol. The van der Waals surface area contributed by atoms with E-state index in [4.69, 9.17) is 17.0 Å². The third-order valence-electron chi connectivity index (χ3n) is 7.90. The molecule has 0 aliphatic heterocycles. The number of hydrogen-bond acceptors (Lipinski definition) is 3. The van der Waals surface area contributed by atoms with Crippen LogP contribution in [0.25, 0.3) is 0 Å². The molecule has 0 spiro atoms. The standard InChI is InChI=1S/C21H27FO2S/c1-20-10-3-2-4-14(20)5-6-15-16(20)9-11-21(12-23)17(15)7-8-18(21)19(25)24-13-22/h3-4,10,12,15-18H,2,5-9,11,13H2,1H3/t15-,16+,17+,18-,20+,21-/m1/s1. The average molecular weight is 363 g/mol. The minimum atomic E-state index is -0.891. The molecular formula is C21H27FO2S. The highest BCUT2D eigenvalue weighted by molar-refractivity contribution is 7.80. The minimum absolute atomic E-state index is 0.0895. The molecule has 0 bridgehead atoms. The number of fused-ring (bicyclic) bond motifs is 5. The highest BCUT2D eigenvalue weighted by Gasteiger charge is 2.61. The first-order valence-corrected chi connectivity index (χ1v) is 10.0. The Bertz CT molecular complexity index is 642. The van der Waals surface area contributed by atoms with Gasteiger partial charge in [0.1, 0.15) is 6.29 Å². The second-order valence-corrected chi connectivity index (χ2v) is 8.94. The SMILES string of the molecule is C[C@]12C=CCC=C1CC[C@H]1[C@@H]3CC[C@H](C(=S)OCF)[C@@]3(C=O)CC[C@@H]12. The van der Waals surface area contributed by atoms with E-state index >= 15 is 0 Å². The molecule has 0 amide bonds. The first-order valence-electron chi connectivity index (χ1n) is 9.63. The molecule has 0 aromatic heterocycles. The van der Waals surface area contributed by atoms with Crippen LogP contribution >= 0.6 is 12.2 Å². The van der Waals surface area contributed by atoms with Gasteiger partial charge in [-0.3, -0.25) is 0 Å². The van der Waals surface area contributed by atoms with Gasteiger partial charge in [0.2, 0.25) is 6.86 Å². The fourth-order valence-electron chi connectivity index (χ4n) is 6.79. The average Bonchev–Trinajstić information content (AvgIpc) is 3.01. The highest BCUT2D eigenvalue weighted by Crippen LogP contribution is 2.65. The van der Waals surface area contributed by atoms with Crippen LogP contribution in [0.5, 0.6) is 0 Å². The van der Waals surface area contributed by atoms with Crippen molar-refractivity contribution in [3.05, 3.63) is 23.8 Å². The second-order valence-electron chi connectivity index (χ2n) is 8.54. The number of allylic oxidation sites excluding steroid dienone is 4. The Balaban J connectivity index is 1.66. The summed E-state index contributed by atoms with van der Waals surface area (Å²) in [5.41, 5.74) is 1.33. The van der Waals surface area contributed by atoms with Gasteiger partial charge in [0.25, 0.3) is 0 Å². The zero-order chi connectivity index (χ0) is 17.7. The number of rotatable bonds is 3. The second kappa shape index (κ2) is 6.29. The number of aldehydes is 1. The lowest BCUT2D eigenvalue weighted by Gasteiger charge is -2.56. The number of carbonyl (C=O) groups excluding carboxylic acids is 1. The van der Waals surface area contributed by atoms with E-state index in [2.05, 4.69) is 25.2 Å². The molecule has 0 aromatic rings. The van der Waals surface area contributed by atoms with Gasteiger partial charge in [-0.05, 0) is 74.9 Å². The van der Waals surface area contributed by atoms with E-state index in [0.717, 1.165) is 44.8 Å². The van der Waals surface area contributed by atoms with Crippen molar-refractivity contribution in [2.24, 2.45) is 34.5 Å². The fourth-order valence-corrected chi connectivity index (χ4v) is 7.17. The number of halogens is 1. The van der Waals surface area contributed by atoms with Gasteiger partial charge in [-0.2, -0.15) is 0 Å². The van der Waals surface area contributed by atoms with E-state index in [1.165, 1.54) is 6.42 Å². The van der Waals surface area contributed by atoms with E-state index < -0.39 is 12.3 Å². The Morgan fingerprint density at radius 1 is 1.36 bits per heavy atom. The van der Waals surface area contributed by atoms with Gasteiger partial charge in [-0.15, -0.1) is 0 Å². The fraction of sp³-hybridized carbons (Fsp3) is 0.714. The lowest BCUT2D eigenvalue weighted by molar-refractivity contribution is -0.127. The predicted molar refractivity (Wildman–Crippen MR) is 99.8 cm³/mol. The summed E-state index contributed by atoms with van der Waals surface area (Å²) < 4.78 is 17.7. The Morgan fingerprint density at radius 3 is 2.96 bits per heavy atom. The Morgan fingerprint density at radius 2 is 2.20 bits per heavy atom. The molecule has 4 aliphatic carbocycles. The maximum atomic E-state index is 12.6. The van der Waals surface area contributed by atoms with Crippen LogP contribution in [-0.2, 0) is 9.53 Å². The topological polar surface area (TPSA) is 26.3 Å². The molecule has 136 valence electrons. The van der Waals surface area contributed by atoms with Crippen LogP contribution in [0.2, 0.25) is 0 Å². The van der Waals surface area contributed by atoms with Gasteiger partial charge >= 0.3 is 0 Å². The minimum Gasteiger partial charge on any atom is -0.456 e. The predicted octanol–water partition coefficient (Wildman–Crippen LogP) is 5.18. The summed E-state index contributed by atoms with van der Waals surface area (Å²) in [6.45, 7) is 1.50. The van der Waals surface area contributed by atoms with Crippen molar-refractivity contribution in [2.75, 3.05) is 6.86 Å². The lowest BCUT2D eigenvalue weighted by atomic mass is 9.47. The van der Waals surface area contributed by atoms with Crippen molar-refractivity contribution < 1.29 is 13.9 Å². The summed E-state index contributed by atoms with van der Waals surface area (Å²) in [7, 11) is 0. The van der Waals surface area contributed by atoms with Crippen molar-refractivity contribution in [1.82, 2.24) is 0 Å². The third kappa shape index (κ3) is 2.39. The zero-order valence-corrected chi connectivity index (χ0v) is 15.7. The largest absolute Gasteiger partial charge is 0.456 e. The molecule has 0 unspecified atom stereocenters. The Hall–Kier alpha value is -1.03. The van der Waals surface area contributed by atoms with Crippen LogP contribution < -0.4 is 0 Å². The lowest BCUT2D eigenvalue weighted by Crippen LogP contribution is -2.51. The zero-order valence-electron chi connectivity index (χ0n) is 14.9. The van der Waals surface area contributed by atoms with Gasteiger partial charge in [0, 0.05) is 16.7 Å². The van der Waals surface area contributed by atoms with Crippen LogP contribution in [0.1, 0.15) is 51.9 Å². The molecule has 4 heteroatoms. The van der Waals surface area contributed by atoms with E-state index in [-0.39, 0.29) is 11.3 Å². The number of hydrogen-bond donors (Lipinski definition) is 0. The summed E-state index contributed by atoms with van der Waals surface area (Å²) >= 11 is 5.34. The van der Waals surface area contributed by atoms with Crippen LogP contribution in [-0.4, -0.2) is 18.2 Å². The van der Waals surface area contributed by atoms with Crippen molar-refractivity contribution >= 4 is 23.6 Å². The van der Waals surface area contributed by atoms with E-state index in [0.29, 0.717) is 22.8 Å². The quantitative estimate of drug-likeness (QED) is 0.393. The van der Waals surface area contributed by atoms with E-state index in [1.807, 2.05) is 0 Å². The van der Waals surface area contributed by atoms with Crippen molar-refractivity contribution in [1.29, 1.82) is 0 Å². The van der Waals surface area contributed by atoms with Crippen LogP contribution in [0, 0.1) is 34.5 Å². The molecule has 0 aromatic carbocycles. The molecule has 2 nitrogen and oxygen atoms in total. The maximum Gasteiger partial charge on any atom is 0.229 e. The number of alkyl halides is 1.